The first kappa shape index (κ1) is 16.7. The number of benzene rings is 1. The molecule has 0 saturated carbocycles. The molecule has 0 N–H and O–H groups in total. The second-order valence-corrected chi connectivity index (χ2v) is 6.26. The first-order valence-corrected chi connectivity index (χ1v) is 8.72. The van der Waals surface area contributed by atoms with E-state index in [1.54, 1.807) is 0 Å². The molecule has 0 spiro atoms. The Morgan fingerprint density at radius 2 is 2.04 bits per heavy atom. The monoisotopic (exact) mass is 327 g/mol. The number of hydrogen-bond donors (Lipinski definition) is 0. The molecule has 0 bridgehead atoms. The molecule has 1 aromatic carbocycles. The lowest BCUT2D eigenvalue weighted by Gasteiger charge is -2.41. The number of hydrogen-bond acceptors (Lipinski definition) is 4. The van der Waals surface area contributed by atoms with Gasteiger partial charge in [-0.2, -0.15) is 0 Å². The van der Waals surface area contributed by atoms with Crippen molar-refractivity contribution in [2.75, 3.05) is 19.6 Å². The predicted octanol–water partition coefficient (Wildman–Crippen LogP) is 2.97. The Bertz CT molecular complexity index is 668. The molecular weight excluding hydrogens is 302 g/mol. The number of rotatable bonds is 5. The normalized spacial score (nSPS) is 18.8. The Kier molecular flexibility index (Phi) is 5.30. The minimum atomic E-state index is 0.00631. The van der Waals surface area contributed by atoms with Crippen LogP contribution in [0.3, 0.4) is 0 Å². The van der Waals surface area contributed by atoms with E-state index in [2.05, 4.69) is 41.1 Å². The number of amides is 1. The molecule has 0 aliphatic carbocycles. The van der Waals surface area contributed by atoms with E-state index in [1.807, 2.05) is 17.9 Å². The van der Waals surface area contributed by atoms with E-state index in [9.17, 15) is 4.79 Å². The van der Waals surface area contributed by atoms with Crippen LogP contribution in [0.5, 0.6) is 0 Å². The third kappa shape index (κ3) is 3.51. The second kappa shape index (κ2) is 7.62. The second-order valence-electron chi connectivity index (χ2n) is 6.26. The molecule has 24 heavy (non-hydrogen) atoms. The fourth-order valence-corrected chi connectivity index (χ4v) is 3.35. The zero-order chi connectivity index (χ0) is 16.9. The van der Waals surface area contributed by atoms with Crippen LogP contribution in [0.2, 0.25) is 0 Å². The van der Waals surface area contributed by atoms with Crippen LogP contribution in [0.4, 0.5) is 0 Å². The average molecular weight is 327 g/mol. The summed E-state index contributed by atoms with van der Waals surface area (Å²) in [5, 5.41) is 0. The number of aryl methyl sites for hydroxylation is 1. The van der Waals surface area contributed by atoms with E-state index < -0.39 is 0 Å². The number of nitrogens with zero attached hydrogens (tertiary/aromatic N) is 3. The smallest absolute Gasteiger partial charge is 0.276 e. The fourth-order valence-electron chi connectivity index (χ4n) is 3.35. The summed E-state index contributed by atoms with van der Waals surface area (Å²) in [5.74, 6) is 0.688. The van der Waals surface area contributed by atoms with E-state index in [0.29, 0.717) is 17.9 Å². The summed E-state index contributed by atoms with van der Waals surface area (Å²) < 4.78 is 5.33. The number of carbonyl (C=O) groups is 1. The molecule has 1 saturated heterocycles. The topological polar surface area (TPSA) is 49.6 Å². The van der Waals surface area contributed by atoms with Gasteiger partial charge in [0.05, 0.1) is 0 Å². The molecule has 128 valence electrons. The molecule has 1 aliphatic rings. The van der Waals surface area contributed by atoms with Gasteiger partial charge in [0.15, 0.2) is 12.1 Å². The summed E-state index contributed by atoms with van der Waals surface area (Å²) in [6, 6.07) is 10.7. The molecule has 1 aliphatic heterocycles. The molecule has 1 fully saturated rings. The molecule has 2 heterocycles. The van der Waals surface area contributed by atoms with Crippen molar-refractivity contribution in [1.29, 1.82) is 0 Å². The maximum Gasteiger partial charge on any atom is 0.276 e. The van der Waals surface area contributed by atoms with Gasteiger partial charge >= 0.3 is 0 Å². The average Bonchev–Trinajstić information content (AvgIpc) is 3.10. The first-order chi connectivity index (χ1) is 11.7. The lowest BCUT2D eigenvalue weighted by Crippen LogP contribution is -2.54. The number of aromatic nitrogens is 1. The maximum atomic E-state index is 12.9. The van der Waals surface area contributed by atoms with Crippen LogP contribution in [-0.2, 0) is 13.0 Å². The van der Waals surface area contributed by atoms with Crippen LogP contribution in [-0.4, -0.2) is 46.4 Å². The number of carbonyl (C=O) groups excluding carboxylic acids is 1. The largest absolute Gasteiger partial charge is 0.448 e. The Morgan fingerprint density at radius 3 is 2.75 bits per heavy atom. The standard InChI is InChI=1S/C19H25N3O2/c1-3-16-13-21(12-15-8-6-5-7-9-15)10-11-22(16)19(23)18-17(4-2)24-14-20-18/h5-9,14,16H,3-4,10-13H2,1-2H3. The highest BCUT2D eigenvalue weighted by molar-refractivity contribution is 5.93. The van der Waals surface area contributed by atoms with E-state index in [4.69, 9.17) is 4.42 Å². The molecule has 0 radical (unpaired) electrons. The van der Waals surface area contributed by atoms with Gasteiger partial charge in [0.25, 0.3) is 5.91 Å². The number of oxazole rings is 1. The molecule has 1 aromatic heterocycles. The Hall–Kier alpha value is -2.14. The van der Waals surface area contributed by atoms with E-state index >= 15 is 0 Å². The van der Waals surface area contributed by atoms with E-state index in [1.165, 1.54) is 12.0 Å². The molecule has 5 heteroatoms. The lowest BCUT2D eigenvalue weighted by atomic mass is 10.1. The molecule has 3 rings (SSSR count). The van der Waals surface area contributed by atoms with Crippen LogP contribution in [0, 0.1) is 0 Å². The van der Waals surface area contributed by atoms with Crippen LogP contribution in [0.15, 0.2) is 41.1 Å². The zero-order valence-corrected chi connectivity index (χ0v) is 14.4. The van der Waals surface area contributed by atoms with Gasteiger partial charge in [-0.3, -0.25) is 9.69 Å². The fraction of sp³-hybridized carbons (Fsp3) is 0.474. The molecule has 1 atom stereocenters. The van der Waals surface area contributed by atoms with Crippen LogP contribution < -0.4 is 0 Å². The summed E-state index contributed by atoms with van der Waals surface area (Å²) in [7, 11) is 0. The summed E-state index contributed by atoms with van der Waals surface area (Å²) in [4.78, 5) is 21.4. The van der Waals surface area contributed by atoms with Gasteiger partial charge in [-0.15, -0.1) is 0 Å². The van der Waals surface area contributed by atoms with Gasteiger partial charge in [-0.1, -0.05) is 44.2 Å². The van der Waals surface area contributed by atoms with Crippen molar-refractivity contribution >= 4 is 5.91 Å². The van der Waals surface area contributed by atoms with Gasteiger partial charge in [-0.25, -0.2) is 4.98 Å². The van der Waals surface area contributed by atoms with Crippen molar-refractivity contribution < 1.29 is 9.21 Å². The van der Waals surface area contributed by atoms with Crippen LogP contribution >= 0.6 is 0 Å². The molecule has 1 unspecified atom stereocenters. The third-order valence-corrected chi connectivity index (χ3v) is 4.71. The molecular formula is C19H25N3O2. The first-order valence-electron chi connectivity index (χ1n) is 8.72. The maximum absolute atomic E-state index is 12.9. The Labute approximate surface area is 143 Å². The van der Waals surface area contributed by atoms with Crippen molar-refractivity contribution in [1.82, 2.24) is 14.8 Å². The summed E-state index contributed by atoms with van der Waals surface area (Å²) >= 11 is 0. The van der Waals surface area contributed by atoms with Gasteiger partial charge in [0.2, 0.25) is 0 Å². The highest BCUT2D eigenvalue weighted by atomic mass is 16.3. The Morgan fingerprint density at radius 1 is 1.25 bits per heavy atom. The quantitative estimate of drug-likeness (QED) is 0.847. The lowest BCUT2D eigenvalue weighted by molar-refractivity contribution is 0.0423. The zero-order valence-electron chi connectivity index (χ0n) is 14.4. The van der Waals surface area contributed by atoms with Gasteiger partial charge in [-0.05, 0) is 12.0 Å². The molecule has 1 amide bonds. The molecule has 2 aromatic rings. The highest BCUT2D eigenvalue weighted by Gasteiger charge is 2.32. The van der Waals surface area contributed by atoms with Gasteiger partial charge in [0.1, 0.15) is 5.76 Å². The van der Waals surface area contributed by atoms with Crippen LogP contribution in [0.25, 0.3) is 0 Å². The van der Waals surface area contributed by atoms with Gasteiger partial charge < -0.3 is 9.32 Å². The highest BCUT2D eigenvalue weighted by Crippen LogP contribution is 2.19. The van der Waals surface area contributed by atoms with Crippen molar-refractivity contribution in [3.8, 4) is 0 Å². The molecule has 5 nitrogen and oxygen atoms in total. The number of piperazine rings is 1. The SMILES string of the molecule is CCc1ocnc1C(=O)N1CCN(Cc2ccccc2)CC1CC. The third-order valence-electron chi connectivity index (χ3n) is 4.71. The Balaban J connectivity index is 1.68. The van der Waals surface area contributed by atoms with E-state index in [-0.39, 0.29) is 11.9 Å². The van der Waals surface area contributed by atoms with Crippen molar-refractivity contribution in [3.05, 3.63) is 53.7 Å². The summed E-state index contributed by atoms with van der Waals surface area (Å²) in [6.45, 7) is 7.57. The van der Waals surface area contributed by atoms with E-state index in [0.717, 1.165) is 32.6 Å². The van der Waals surface area contributed by atoms with Crippen molar-refractivity contribution in [2.45, 2.75) is 39.3 Å². The van der Waals surface area contributed by atoms with Gasteiger partial charge in [0, 0.05) is 38.6 Å². The summed E-state index contributed by atoms with van der Waals surface area (Å²) in [5.41, 5.74) is 1.80. The van der Waals surface area contributed by atoms with Crippen molar-refractivity contribution in [2.24, 2.45) is 0 Å². The van der Waals surface area contributed by atoms with Crippen molar-refractivity contribution in [3.63, 3.8) is 0 Å². The predicted molar refractivity (Wildman–Crippen MR) is 92.7 cm³/mol. The van der Waals surface area contributed by atoms with Crippen LogP contribution in [0.1, 0.15) is 42.1 Å². The minimum absolute atomic E-state index is 0.00631. The minimum Gasteiger partial charge on any atom is -0.448 e. The summed E-state index contributed by atoms with van der Waals surface area (Å²) in [6.07, 6.45) is 3.00.